The molecular formula is C23H20N8O7S4. The highest BCUT2D eigenvalue weighted by Crippen LogP contribution is 2.41. The molecule has 0 aliphatic carbocycles. The Morgan fingerprint density at radius 1 is 1.33 bits per heavy atom. The summed E-state index contributed by atoms with van der Waals surface area (Å²) in [5.74, 6) is -2.60. The van der Waals surface area contributed by atoms with Gasteiger partial charge >= 0.3 is 11.9 Å². The van der Waals surface area contributed by atoms with Crippen LogP contribution < -0.4 is 15.9 Å². The fourth-order valence-electron chi connectivity index (χ4n) is 3.89. The van der Waals surface area contributed by atoms with Gasteiger partial charge in [-0.2, -0.15) is 9.36 Å². The average molecular weight is 649 g/mol. The zero-order valence-corrected chi connectivity index (χ0v) is 24.7. The van der Waals surface area contributed by atoms with Crippen molar-refractivity contribution in [2.75, 3.05) is 23.8 Å². The molecule has 15 nitrogen and oxygen atoms in total. The number of nitrogens with two attached hydrogens (primary N) is 1. The zero-order valence-electron chi connectivity index (χ0n) is 21.5. The molecular weight excluding hydrogens is 629 g/mol. The first-order valence-corrected chi connectivity index (χ1v) is 15.7. The van der Waals surface area contributed by atoms with E-state index in [1.54, 1.807) is 18.5 Å². The van der Waals surface area contributed by atoms with Crippen LogP contribution in [0.4, 0.5) is 5.13 Å². The number of fused-ring (bicyclic) bond motifs is 1. The van der Waals surface area contributed by atoms with E-state index in [1.807, 2.05) is 0 Å². The summed E-state index contributed by atoms with van der Waals surface area (Å²) in [6.07, 6.45) is 0. The average Bonchev–Trinajstić information content (AvgIpc) is 3.66. The molecule has 3 aromatic rings. The van der Waals surface area contributed by atoms with Crippen LogP contribution in [0, 0.1) is 0 Å². The lowest BCUT2D eigenvalue weighted by Gasteiger charge is -2.49. The Balaban J connectivity index is 1.33. The van der Waals surface area contributed by atoms with Gasteiger partial charge in [0.2, 0.25) is 11.5 Å². The van der Waals surface area contributed by atoms with E-state index in [0.29, 0.717) is 21.4 Å². The van der Waals surface area contributed by atoms with Gasteiger partial charge in [-0.1, -0.05) is 34.3 Å². The number of rotatable bonds is 11. The van der Waals surface area contributed by atoms with E-state index in [0.717, 1.165) is 11.5 Å². The van der Waals surface area contributed by atoms with Crippen LogP contribution in [-0.2, 0) is 19.1 Å². The zero-order chi connectivity index (χ0) is 29.8. The van der Waals surface area contributed by atoms with Gasteiger partial charge in [-0.3, -0.25) is 14.5 Å². The second kappa shape index (κ2) is 12.8. The van der Waals surface area contributed by atoms with E-state index >= 15 is 0 Å². The number of carboxylic acids is 1. The number of β-lactam (4-membered cyclic amide) rings is 1. The van der Waals surface area contributed by atoms with Gasteiger partial charge in [-0.15, -0.1) is 22.0 Å². The van der Waals surface area contributed by atoms with Gasteiger partial charge < -0.3 is 25.7 Å². The van der Waals surface area contributed by atoms with Crippen LogP contribution in [0.25, 0.3) is 0 Å². The highest BCUT2D eigenvalue weighted by Gasteiger charge is 2.54. The summed E-state index contributed by atoms with van der Waals surface area (Å²) in [6, 6.07) is 4.93. The number of hydrogen-bond donors (Lipinski definition) is 3. The lowest BCUT2D eigenvalue weighted by atomic mass is 10.0. The van der Waals surface area contributed by atoms with Crippen LogP contribution in [0.2, 0.25) is 0 Å². The Bertz CT molecular complexity index is 1590. The number of esters is 1. The predicted molar refractivity (Wildman–Crippen MR) is 154 cm³/mol. The largest absolute Gasteiger partial charge is 0.477 e. The van der Waals surface area contributed by atoms with Crippen LogP contribution in [0.5, 0.6) is 5.75 Å². The van der Waals surface area contributed by atoms with Gasteiger partial charge in [0.05, 0.1) is 12.2 Å². The summed E-state index contributed by atoms with van der Waals surface area (Å²) in [4.78, 5) is 61.2. The van der Waals surface area contributed by atoms with Gasteiger partial charge in [-0.25, -0.2) is 9.59 Å². The maximum atomic E-state index is 13.3. The van der Waals surface area contributed by atoms with Crippen molar-refractivity contribution in [3.63, 3.8) is 0 Å². The minimum absolute atomic E-state index is 0.0682. The van der Waals surface area contributed by atoms with Gasteiger partial charge in [-0.05, 0) is 30.7 Å². The number of aliphatic carboxylic acids is 1. The van der Waals surface area contributed by atoms with Crippen molar-refractivity contribution in [3.8, 4) is 5.75 Å². The number of carbonyl (C=O) groups excluding carboxylic acids is 3. The first-order valence-electron chi connectivity index (χ1n) is 12.0. The Hall–Kier alpha value is -4.07. The standard InChI is InChI=1S/C23H20N8O7S4/c1-2-37-21(36)10-4-3-5-12(6-10)38-29-13(16-27-22(24)42-30-16)17(32)26-14-18(33)31-15(20(34)35)11(7-39-19(14)31)8-40-23-28-25-9-41-23/h3-6,9,14,19H,2,7-8H2,1H3,(H,26,32)(H,34,35)(H2,24,27,30)/b29-13+. The summed E-state index contributed by atoms with van der Waals surface area (Å²) in [7, 11) is 0. The number of ether oxygens (including phenoxy) is 1. The third-order valence-corrected chi connectivity index (χ3v) is 9.53. The maximum absolute atomic E-state index is 13.3. The lowest BCUT2D eigenvalue weighted by Crippen LogP contribution is -2.71. The highest BCUT2D eigenvalue weighted by molar-refractivity contribution is 8.01. The van der Waals surface area contributed by atoms with Crippen molar-refractivity contribution in [1.82, 2.24) is 29.8 Å². The van der Waals surface area contributed by atoms with Crippen LogP contribution in [-0.4, -0.2) is 88.6 Å². The molecule has 0 saturated carbocycles. The molecule has 0 bridgehead atoms. The monoisotopic (exact) mass is 648 g/mol. The number of benzene rings is 1. The van der Waals surface area contributed by atoms with Crippen molar-refractivity contribution >= 4 is 81.0 Å². The summed E-state index contributed by atoms with van der Waals surface area (Å²) < 4.78 is 9.68. The van der Waals surface area contributed by atoms with E-state index < -0.39 is 35.2 Å². The number of nitrogens with zero attached hydrogens (tertiary/aromatic N) is 6. The lowest BCUT2D eigenvalue weighted by molar-refractivity contribution is -0.150. The molecule has 19 heteroatoms. The summed E-state index contributed by atoms with van der Waals surface area (Å²) in [5.41, 5.74) is 7.56. The van der Waals surface area contributed by atoms with Gasteiger partial charge in [0, 0.05) is 23.0 Å². The molecule has 42 heavy (non-hydrogen) atoms. The minimum Gasteiger partial charge on any atom is -0.477 e. The second-order valence-electron chi connectivity index (χ2n) is 8.35. The number of nitrogens with one attached hydrogen (secondary N) is 1. The minimum atomic E-state index is -1.24. The van der Waals surface area contributed by atoms with Crippen molar-refractivity contribution in [1.29, 1.82) is 0 Å². The molecule has 5 rings (SSSR count). The number of oxime groups is 1. The first kappa shape index (κ1) is 29.4. The van der Waals surface area contributed by atoms with E-state index in [-0.39, 0.29) is 40.3 Å². The normalized spacial score (nSPS) is 18.3. The van der Waals surface area contributed by atoms with E-state index in [2.05, 4.69) is 30.0 Å². The number of anilines is 1. The van der Waals surface area contributed by atoms with Crippen LogP contribution in [0.15, 0.2) is 50.5 Å². The fourth-order valence-corrected chi connectivity index (χ4v) is 7.29. The Morgan fingerprint density at radius 2 is 2.17 bits per heavy atom. The highest BCUT2D eigenvalue weighted by atomic mass is 32.2. The molecule has 1 saturated heterocycles. The molecule has 4 heterocycles. The summed E-state index contributed by atoms with van der Waals surface area (Å²) in [6.45, 7) is 1.87. The van der Waals surface area contributed by atoms with Gasteiger partial charge in [0.25, 0.3) is 11.8 Å². The van der Waals surface area contributed by atoms with Crippen LogP contribution in [0.3, 0.4) is 0 Å². The number of amides is 2. The topological polar surface area (TPSA) is 212 Å². The third kappa shape index (κ3) is 6.22. The number of carboxylic acid groups (broad SMARTS) is 1. The van der Waals surface area contributed by atoms with E-state index in [4.69, 9.17) is 15.3 Å². The number of nitrogen functional groups attached to an aromatic ring is 1. The molecule has 1 aromatic carbocycles. The molecule has 218 valence electrons. The molecule has 2 aromatic heterocycles. The van der Waals surface area contributed by atoms with Gasteiger partial charge in [0.1, 0.15) is 22.6 Å². The summed E-state index contributed by atoms with van der Waals surface area (Å²) in [5, 5.41) is 23.5. The molecule has 4 N–H and O–H groups in total. The number of hydrogen-bond acceptors (Lipinski definition) is 16. The molecule has 0 spiro atoms. The van der Waals surface area contributed by atoms with Crippen molar-refractivity contribution in [3.05, 3.63) is 52.4 Å². The molecule has 1 fully saturated rings. The predicted octanol–water partition coefficient (Wildman–Crippen LogP) is 1.46. The molecule has 2 atom stereocenters. The number of carbonyl (C=O) groups is 4. The van der Waals surface area contributed by atoms with E-state index in [9.17, 15) is 24.3 Å². The van der Waals surface area contributed by atoms with Crippen molar-refractivity contribution in [2.45, 2.75) is 22.7 Å². The number of aromatic nitrogens is 4. The van der Waals surface area contributed by atoms with Crippen LogP contribution in [0.1, 0.15) is 23.1 Å². The van der Waals surface area contributed by atoms with Crippen molar-refractivity contribution in [2.24, 2.45) is 5.16 Å². The summed E-state index contributed by atoms with van der Waals surface area (Å²) >= 11 is 4.81. The van der Waals surface area contributed by atoms with Crippen molar-refractivity contribution < 1.29 is 33.9 Å². The molecule has 0 radical (unpaired) electrons. The Morgan fingerprint density at radius 3 is 2.86 bits per heavy atom. The second-order valence-corrected chi connectivity index (χ2v) is 12.3. The Labute approximate surface area is 253 Å². The number of thioether (sulfide) groups is 2. The molecule has 2 amide bonds. The van der Waals surface area contributed by atoms with Gasteiger partial charge in [0.15, 0.2) is 15.2 Å². The third-order valence-electron chi connectivity index (χ3n) is 5.70. The molecule has 2 aliphatic rings. The smallest absolute Gasteiger partial charge is 0.352 e. The first-order chi connectivity index (χ1) is 20.3. The fraction of sp³-hybridized carbons (Fsp3) is 0.261. The Kier molecular flexibility index (Phi) is 9.00. The SMILES string of the molecule is CCOC(=O)c1cccc(O/N=C(/C(=O)NC2C(=O)N3C(C(=O)O)=C(CSc4nncs4)CSC23)c2nsc(N)n2)c1. The molecule has 2 unspecified atom stereocenters. The van der Waals surface area contributed by atoms with Crippen LogP contribution >= 0.6 is 46.4 Å². The molecule has 2 aliphatic heterocycles. The quantitative estimate of drug-likeness (QED) is 0.0883. The van der Waals surface area contributed by atoms with E-state index in [1.165, 1.54) is 58.0 Å². The maximum Gasteiger partial charge on any atom is 0.352 e.